The molecule has 0 spiro atoms. The lowest BCUT2D eigenvalue weighted by Crippen LogP contribution is -2.16. The van der Waals surface area contributed by atoms with Crippen LogP contribution in [0.1, 0.15) is 18.9 Å². The monoisotopic (exact) mass is 229 g/mol. The van der Waals surface area contributed by atoms with E-state index in [4.69, 9.17) is 4.74 Å². The summed E-state index contributed by atoms with van der Waals surface area (Å²) in [4.78, 5) is 0. The molecule has 0 fully saturated rings. The van der Waals surface area contributed by atoms with Crippen LogP contribution in [-0.4, -0.2) is 19.8 Å². The highest BCUT2D eigenvalue weighted by Crippen LogP contribution is 2.08. The normalized spacial score (nSPS) is 10.7. The van der Waals surface area contributed by atoms with E-state index in [9.17, 15) is 8.78 Å². The van der Waals surface area contributed by atoms with E-state index in [1.807, 2.05) is 6.92 Å². The smallest absolute Gasteiger partial charge is 0.159 e. The first-order valence-corrected chi connectivity index (χ1v) is 5.46. The van der Waals surface area contributed by atoms with Crippen LogP contribution >= 0.6 is 0 Å². The first-order valence-electron chi connectivity index (χ1n) is 5.46. The molecule has 0 unspecified atom stereocenters. The van der Waals surface area contributed by atoms with Crippen LogP contribution < -0.4 is 5.32 Å². The summed E-state index contributed by atoms with van der Waals surface area (Å²) in [5, 5.41) is 3.14. The summed E-state index contributed by atoms with van der Waals surface area (Å²) in [5.74, 6) is -1.60. The lowest BCUT2D eigenvalue weighted by Gasteiger charge is -2.05. The van der Waals surface area contributed by atoms with Crippen LogP contribution in [0.4, 0.5) is 8.78 Å². The van der Waals surface area contributed by atoms with Gasteiger partial charge in [-0.3, -0.25) is 0 Å². The quantitative estimate of drug-likeness (QED) is 0.725. The molecule has 0 radical (unpaired) electrons. The van der Waals surface area contributed by atoms with Crippen molar-refractivity contribution in [2.75, 3.05) is 19.8 Å². The second-order valence-electron chi connectivity index (χ2n) is 3.48. The molecule has 0 heterocycles. The van der Waals surface area contributed by atoms with E-state index in [0.717, 1.165) is 37.8 Å². The maximum absolute atomic E-state index is 12.8. The van der Waals surface area contributed by atoms with Gasteiger partial charge < -0.3 is 10.1 Å². The minimum absolute atomic E-state index is 0.545. The number of hydrogen-bond acceptors (Lipinski definition) is 2. The standard InChI is InChI=1S/C12H17F2NO/c1-2-16-7-3-6-15-9-10-4-5-11(13)12(14)8-10/h4-5,8,15H,2-3,6-7,9H2,1H3. The second-order valence-corrected chi connectivity index (χ2v) is 3.48. The van der Waals surface area contributed by atoms with Crippen LogP contribution in [0.15, 0.2) is 18.2 Å². The van der Waals surface area contributed by atoms with E-state index < -0.39 is 11.6 Å². The van der Waals surface area contributed by atoms with Gasteiger partial charge in [0, 0.05) is 19.8 Å². The summed E-state index contributed by atoms with van der Waals surface area (Å²) in [6.45, 7) is 4.75. The minimum Gasteiger partial charge on any atom is -0.382 e. The minimum atomic E-state index is -0.805. The van der Waals surface area contributed by atoms with Crippen LogP contribution in [0, 0.1) is 11.6 Å². The van der Waals surface area contributed by atoms with Crippen molar-refractivity contribution in [2.24, 2.45) is 0 Å². The van der Waals surface area contributed by atoms with Gasteiger partial charge in [-0.25, -0.2) is 8.78 Å². The molecule has 0 aliphatic heterocycles. The fourth-order valence-corrected chi connectivity index (χ4v) is 1.33. The highest BCUT2D eigenvalue weighted by Gasteiger charge is 2.01. The van der Waals surface area contributed by atoms with Crippen molar-refractivity contribution in [3.8, 4) is 0 Å². The molecule has 1 rings (SSSR count). The van der Waals surface area contributed by atoms with Crippen molar-refractivity contribution in [1.29, 1.82) is 0 Å². The molecule has 0 atom stereocenters. The predicted molar refractivity (Wildman–Crippen MR) is 59.2 cm³/mol. The molecule has 0 saturated heterocycles. The number of ether oxygens (including phenoxy) is 1. The Labute approximate surface area is 94.6 Å². The SMILES string of the molecule is CCOCCCNCc1ccc(F)c(F)c1. The number of hydrogen-bond donors (Lipinski definition) is 1. The molecule has 1 N–H and O–H groups in total. The number of halogens is 2. The molecule has 0 amide bonds. The molecular formula is C12H17F2NO. The third-order valence-corrected chi connectivity index (χ3v) is 2.16. The van der Waals surface area contributed by atoms with E-state index in [2.05, 4.69) is 5.32 Å². The van der Waals surface area contributed by atoms with Crippen LogP contribution in [0.2, 0.25) is 0 Å². The summed E-state index contributed by atoms with van der Waals surface area (Å²) < 4.78 is 30.6. The fraction of sp³-hybridized carbons (Fsp3) is 0.500. The number of benzene rings is 1. The number of rotatable bonds is 7. The van der Waals surface area contributed by atoms with Crippen molar-refractivity contribution in [3.05, 3.63) is 35.4 Å². The molecule has 0 saturated carbocycles. The molecule has 1 aromatic carbocycles. The van der Waals surface area contributed by atoms with Crippen molar-refractivity contribution in [1.82, 2.24) is 5.32 Å². The van der Waals surface area contributed by atoms with E-state index in [1.165, 1.54) is 6.07 Å². The Morgan fingerprint density at radius 1 is 1.25 bits per heavy atom. The van der Waals surface area contributed by atoms with Crippen LogP contribution in [0.5, 0.6) is 0 Å². The third kappa shape index (κ3) is 4.68. The first-order chi connectivity index (χ1) is 7.74. The van der Waals surface area contributed by atoms with Gasteiger partial charge in [0.05, 0.1) is 0 Å². The fourth-order valence-electron chi connectivity index (χ4n) is 1.33. The molecular weight excluding hydrogens is 212 g/mol. The van der Waals surface area contributed by atoms with Crippen LogP contribution in [0.3, 0.4) is 0 Å². The Morgan fingerprint density at radius 2 is 2.06 bits per heavy atom. The van der Waals surface area contributed by atoms with Gasteiger partial charge in [0.15, 0.2) is 11.6 Å². The van der Waals surface area contributed by atoms with Gasteiger partial charge in [0.25, 0.3) is 0 Å². The lowest BCUT2D eigenvalue weighted by atomic mass is 10.2. The molecule has 90 valence electrons. The van der Waals surface area contributed by atoms with Gasteiger partial charge in [-0.2, -0.15) is 0 Å². The Morgan fingerprint density at radius 3 is 2.75 bits per heavy atom. The molecule has 0 aliphatic carbocycles. The molecule has 0 aromatic heterocycles. The van der Waals surface area contributed by atoms with Crippen molar-refractivity contribution >= 4 is 0 Å². The summed E-state index contributed by atoms with van der Waals surface area (Å²) in [6.07, 6.45) is 0.914. The molecule has 0 aliphatic rings. The maximum atomic E-state index is 12.8. The highest BCUT2D eigenvalue weighted by molar-refractivity contribution is 5.17. The predicted octanol–water partition coefficient (Wildman–Crippen LogP) is 2.48. The summed E-state index contributed by atoms with van der Waals surface area (Å²) >= 11 is 0. The van der Waals surface area contributed by atoms with Gasteiger partial charge in [0.1, 0.15) is 0 Å². The summed E-state index contributed by atoms with van der Waals surface area (Å²) in [5.41, 5.74) is 0.746. The van der Waals surface area contributed by atoms with Gasteiger partial charge in [-0.1, -0.05) is 6.07 Å². The topological polar surface area (TPSA) is 21.3 Å². The number of nitrogens with one attached hydrogen (secondary N) is 1. The molecule has 2 nitrogen and oxygen atoms in total. The molecule has 0 bridgehead atoms. The first kappa shape index (κ1) is 13.1. The average Bonchev–Trinajstić information content (AvgIpc) is 2.28. The third-order valence-electron chi connectivity index (χ3n) is 2.16. The van der Waals surface area contributed by atoms with Crippen molar-refractivity contribution in [2.45, 2.75) is 19.9 Å². The zero-order chi connectivity index (χ0) is 11.8. The molecule has 16 heavy (non-hydrogen) atoms. The van der Waals surface area contributed by atoms with E-state index in [1.54, 1.807) is 6.07 Å². The Hall–Kier alpha value is -1.00. The summed E-state index contributed by atoms with van der Waals surface area (Å²) in [6, 6.07) is 3.94. The zero-order valence-electron chi connectivity index (χ0n) is 9.43. The van der Waals surface area contributed by atoms with E-state index >= 15 is 0 Å². The van der Waals surface area contributed by atoms with Gasteiger partial charge in [0.2, 0.25) is 0 Å². The Balaban J connectivity index is 2.19. The van der Waals surface area contributed by atoms with Gasteiger partial charge >= 0.3 is 0 Å². The lowest BCUT2D eigenvalue weighted by molar-refractivity contribution is 0.144. The van der Waals surface area contributed by atoms with Gasteiger partial charge in [-0.05, 0) is 37.6 Å². The average molecular weight is 229 g/mol. The summed E-state index contributed by atoms with van der Waals surface area (Å²) in [7, 11) is 0. The van der Waals surface area contributed by atoms with Crippen molar-refractivity contribution < 1.29 is 13.5 Å². The zero-order valence-corrected chi connectivity index (χ0v) is 9.43. The maximum Gasteiger partial charge on any atom is 0.159 e. The van der Waals surface area contributed by atoms with Crippen molar-refractivity contribution in [3.63, 3.8) is 0 Å². The van der Waals surface area contributed by atoms with E-state index in [-0.39, 0.29) is 0 Å². The van der Waals surface area contributed by atoms with Gasteiger partial charge in [-0.15, -0.1) is 0 Å². The molecule has 4 heteroatoms. The second kappa shape index (κ2) is 7.30. The van der Waals surface area contributed by atoms with Crippen LogP contribution in [0.25, 0.3) is 0 Å². The van der Waals surface area contributed by atoms with Crippen LogP contribution in [-0.2, 0) is 11.3 Å². The largest absolute Gasteiger partial charge is 0.382 e. The Kier molecular flexibility index (Phi) is 5.96. The molecule has 1 aromatic rings. The van der Waals surface area contributed by atoms with E-state index in [0.29, 0.717) is 6.54 Å². The Bertz CT molecular complexity index is 318. The highest BCUT2D eigenvalue weighted by atomic mass is 19.2.